The molecule has 1 amide bonds. The van der Waals surface area contributed by atoms with Crippen LogP contribution in [0.1, 0.15) is 154 Å². The van der Waals surface area contributed by atoms with E-state index in [0.29, 0.717) is 42.4 Å². The second kappa shape index (κ2) is 24.0. The summed E-state index contributed by atoms with van der Waals surface area (Å²) < 4.78 is 46.5. The number of amides is 1. The minimum Gasteiger partial charge on any atom is -0.497 e. The first-order valence-corrected chi connectivity index (χ1v) is 23.2. The number of pyridine rings is 1. The highest BCUT2D eigenvalue weighted by molar-refractivity contribution is 7.87. The molecule has 314 valence electrons. The van der Waals surface area contributed by atoms with Gasteiger partial charge in [-0.3, -0.25) is 18.9 Å². The lowest BCUT2D eigenvalue weighted by Crippen LogP contribution is -2.55. The number of carbonyl (C=O) groups is 2. The van der Waals surface area contributed by atoms with E-state index in [9.17, 15) is 18.0 Å². The summed E-state index contributed by atoms with van der Waals surface area (Å²) in [7, 11) is -2.29. The summed E-state index contributed by atoms with van der Waals surface area (Å²) in [5, 5.41) is 3.10. The normalized spacial score (nSPS) is 20.4. The van der Waals surface area contributed by atoms with Gasteiger partial charge in [0.25, 0.3) is 10.1 Å². The zero-order valence-electron chi connectivity index (χ0n) is 34.9. The summed E-state index contributed by atoms with van der Waals surface area (Å²) in [6.45, 7) is 12.0. The van der Waals surface area contributed by atoms with Crippen LogP contribution >= 0.6 is 0 Å². The number of carbonyl (C=O) groups excluding carboxylic acids is 2. The summed E-state index contributed by atoms with van der Waals surface area (Å²) in [6.07, 6.45) is 19.5. The van der Waals surface area contributed by atoms with Crippen LogP contribution in [-0.2, 0) is 28.6 Å². The number of fused-ring (bicyclic) bond motifs is 4. The maximum atomic E-state index is 14.6. The van der Waals surface area contributed by atoms with Gasteiger partial charge in [0.1, 0.15) is 18.5 Å². The van der Waals surface area contributed by atoms with Crippen molar-refractivity contribution in [3.8, 4) is 5.75 Å². The molecule has 1 aromatic carbocycles. The van der Waals surface area contributed by atoms with Crippen LogP contribution in [0.15, 0.2) is 42.6 Å². The quantitative estimate of drug-likeness (QED) is 0.0388. The lowest BCUT2D eigenvalue weighted by molar-refractivity contribution is -0.139. The highest BCUT2D eigenvalue weighted by Crippen LogP contribution is 2.45. The summed E-state index contributed by atoms with van der Waals surface area (Å²) in [4.78, 5) is 30.9. The SMILES string of the molecule is C=C(C)C(=O)OCCNC(=O)CCCCCCCC(CCCCCCCCCC)S(=O)(=O)O[C@H](c1ccnc2ccc(OC)cc12)[C@@H]1C[C@@H]2CCN1C[C@@H]2CC. The first-order chi connectivity index (χ1) is 27.1. The number of esters is 1. The summed E-state index contributed by atoms with van der Waals surface area (Å²) >= 11 is 0. The average Bonchev–Trinajstić information content (AvgIpc) is 3.20. The van der Waals surface area contributed by atoms with Crippen molar-refractivity contribution in [3.63, 3.8) is 0 Å². The van der Waals surface area contributed by atoms with E-state index in [1.165, 1.54) is 32.1 Å². The number of ether oxygens (including phenoxy) is 2. The molecular formula is C45H71N3O7S. The second-order valence-electron chi connectivity index (χ2n) is 16.3. The van der Waals surface area contributed by atoms with Crippen LogP contribution in [0.3, 0.4) is 0 Å². The molecule has 3 saturated heterocycles. The highest BCUT2D eigenvalue weighted by Gasteiger charge is 2.45. The third-order valence-corrected chi connectivity index (χ3v) is 13.8. The van der Waals surface area contributed by atoms with Gasteiger partial charge in [-0.25, -0.2) is 4.79 Å². The van der Waals surface area contributed by atoms with Gasteiger partial charge in [0, 0.05) is 36.2 Å². The Morgan fingerprint density at radius 1 is 0.964 bits per heavy atom. The van der Waals surface area contributed by atoms with Crippen molar-refractivity contribution in [3.05, 3.63) is 48.2 Å². The van der Waals surface area contributed by atoms with Crippen molar-refractivity contribution in [1.29, 1.82) is 0 Å². The zero-order chi connectivity index (χ0) is 40.3. The van der Waals surface area contributed by atoms with Gasteiger partial charge in [0.05, 0.1) is 24.4 Å². The Balaban J connectivity index is 1.41. The Bertz CT molecular complexity index is 1630. The van der Waals surface area contributed by atoms with Crippen molar-refractivity contribution in [2.24, 2.45) is 11.8 Å². The predicted molar refractivity (Wildman–Crippen MR) is 225 cm³/mol. The lowest BCUT2D eigenvalue weighted by atomic mass is 9.72. The van der Waals surface area contributed by atoms with Crippen LogP contribution in [0.4, 0.5) is 0 Å². The van der Waals surface area contributed by atoms with Crippen molar-refractivity contribution >= 4 is 32.9 Å². The molecule has 10 nitrogen and oxygen atoms in total. The van der Waals surface area contributed by atoms with E-state index in [-0.39, 0.29) is 25.1 Å². The van der Waals surface area contributed by atoms with Crippen LogP contribution in [0.2, 0.25) is 0 Å². The Labute approximate surface area is 338 Å². The monoisotopic (exact) mass is 798 g/mol. The van der Waals surface area contributed by atoms with Crippen LogP contribution in [0.5, 0.6) is 5.75 Å². The third-order valence-electron chi connectivity index (χ3n) is 12.1. The molecule has 1 N–H and O–H groups in total. The Kier molecular flexibility index (Phi) is 19.6. The summed E-state index contributed by atoms with van der Waals surface area (Å²) in [6, 6.07) is 7.72. The highest BCUT2D eigenvalue weighted by atomic mass is 32.2. The number of hydrogen-bond acceptors (Lipinski definition) is 9. The smallest absolute Gasteiger partial charge is 0.333 e. The molecule has 2 unspecified atom stereocenters. The van der Waals surface area contributed by atoms with Crippen molar-refractivity contribution < 1.29 is 31.7 Å². The lowest BCUT2D eigenvalue weighted by Gasteiger charge is -2.52. The number of aromatic nitrogens is 1. The van der Waals surface area contributed by atoms with Crippen LogP contribution < -0.4 is 10.1 Å². The van der Waals surface area contributed by atoms with Gasteiger partial charge in [0.2, 0.25) is 5.91 Å². The van der Waals surface area contributed by atoms with E-state index in [1.807, 2.05) is 24.3 Å². The number of benzene rings is 1. The third kappa shape index (κ3) is 14.1. The molecule has 56 heavy (non-hydrogen) atoms. The molecule has 4 heterocycles. The second-order valence-corrected chi connectivity index (χ2v) is 18.1. The molecule has 2 bridgehead atoms. The molecule has 6 atom stereocenters. The molecule has 3 aliphatic heterocycles. The Hall–Kier alpha value is -3.02. The van der Waals surface area contributed by atoms with E-state index in [2.05, 4.69) is 35.6 Å². The van der Waals surface area contributed by atoms with Crippen LogP contribution in [0, 0.1) is 11.8 Å². The molecule has 0 saturated carbocycles. The average molecular weight is 798 g/mol. The first kappa shape index (κ1) is 45.7. The Morgan fingerprint density at radius 3 is 2.27 bits per heavy atom. The van der Waals surface area contributed by atoms with Gasteiger partial charge in [-0.2, -0.15) is 8.42 Å². The van der Waals surface area contributed by atoms with Crippen molar-refractivity contribution in [1.82, 2.24) is 15.2 Å². The van der Waals surface area contributed by atoms with Gasteiger partial charge < -0.3 is 14.8 Å². The fraction of sp³-hybridized carbons (Fsp3) is 0.711. The zero-order valence-corrected chi connectivity index (χ0v) is 35.7. The minimum atomic E-state index is -3.94. The van der Waals surface area contributed by atoms with E-state index >= 15 is 0 Å². The number of hydrogen-bond donors (Lipinski definition) is 1. The topological polar surface area (TPSA) is 124 Å². The fourth-order valence-corrected chi connectivity index (χ4v) is 10.3. The molecule has 3 aliphatic rings. The summed E-state index contributed by atoms with van der Waals surface area (Å²) in [5.41, 5.74) is 2.00. The molecule has 0 radical (unpaired) electrons. The van der Waals surface area contributed by atoms with Gasteiger partial charge >= 0.3 is 5.97 Å². The molecule has 0 spiro atoms. The standard InChI is InChI=1S/C45H71N3O7S/c1-6-8-9-10-11-12-14-17-20-38(21-18-15-13-16-19-22-43(49)47-28-30-54-45(50)34(3)4)56(51,52)55-44(42-31-36-26-29-48(42)33-35(36)7-2)39-25-27-46-41-24-23-37(53-5)32-40(39)41/h23-25,27,32,35-36,38,42,44H,3,6-22,26,28-31,33H2,1-2,4-5H3,(H,47,49)/t35-,36-,38?,42-,44+/m0/s1. The van der Waals surface area contributed by atoms with E-state index < -0.39 is 27.4 Å². The number of nitrogens with one attached hydrogen (secondary N) is 1. The molecule has 2 aromatic rings. The minimum absolute atomic E-state index is 0.0320. The van der Waals surface area contributed by atoms with Crippen LogP contribution in [-0.4, -0.2) is 74.8 Å². The first-order valence-electron chi connectivity index (χ1n) is 21.8. The fourth-order valence-electron chi connectivity index (χ4n) is 8.70. The molecule has 11 heteroatoms. The molecule has 5 rings (SSSR count). The van der Waals surface area contributed by atoms with E-state index in [1.54, 1.807) is 20.2 Å². The van der Waals surface area contributed by atoms with Crippen molar-refractivity contribution in [2.45, 2.75) is 160 Å². The summed E-state index contributed by atoms with van der Waals surface area (Å²) in [5.74, 6) is 1.39. The molecule has 3 fully saturated rings. The number of nitrogens with zero attached hydrogens (tertiary/aromatic N) is 2. The predicted octanol–water partition coefficient (Wildman–Crippen LogP) is 9.62. The number of piperidine rings is 3. The van der Waals surface area contributed by atoms with Gasteiger partial charge in [-0.1, -0.05) is 104 Å². The number of methoxy groups -OCH3 is 1. The molecule has 1 aromatic heterocycles. The van der Waals surface area contributed by atoms with E-state index in [0.717, 1.165) is 100 Å². The number of unbranched alkanes of at least 4 members (excludes halogenated alkanes) is 11. The van der Waals surface area contributed by atoms with Crippen LogP contribution in [0.25, 0.3) is 10.9 Å². The van der Waals surface area contributed by atoms with Gasteiger partial charge in [-0.05, 0) is 87.2 Å². The Morgan fingerprint density at radius 2 is 1.64 bits per heavy atom. The maximum Gasteiger partial charge on any atom is 0.333 e. The largest absolute Gasteiger partial charge is 0.497 e. The van der Waals surface area contributed by atoms with Gasteiger partial charge in [-0.15, -0.1) is 0 Å². The number of rotatable bonds is 28. The maximum absolute atomic E-state index is 14.6. The van der Waals surface area contributed by atoms with Gasteiger partial charge in [0.15, 0.2) is 0 Å². The molecule has 0 aliphatic carbocycles. The van der Waals surface area contributed by atoms with Crippen molar-refractivity contribution in [2.75, 3.05) is 33.4 Å². The molecular weight excluding hydrogens is 727 g/mol. The van der Waals surface area contributed by atoms with E-state index in [4.69, 9.17) is 13.7 Å².